The van der Waals surface area contributed by atoms with Gasteiger partial charge in [-0.05, 0) is 73.0 Å². The fourth-order valence-electron chi connectivity index (χ4n) is 3.85. The summed E-state index contributed by atoms with van der Waals surface area (Å²) in [7, 11) is -4.04. The lowest BCUT2D eigenvalue weighted by molar-refractivity contribution is 0.340. The van der Waals surface area contributed by atoms with Crippen molar-refractivity contribution in [3.8, 4) is 5.75 Å². The van der Waals surface area contributed by atoms with Gasteiger partial charge in [0.25, 0.3) is 0 Å². The predicted molar refractivity (Wildman–Crippen MR) is 136 cm³/mol. The van der Waals surface area contributed by atoms with Crippen LogP contribution in [0.3, 0.4) is 0 Å². The number of aryl methyl sites for hydroxylation is 1. The molecular weight excluding hydrogens is 512 g/mol. The van der Waals surface area contributed by atoms with Crippen LogP contribution in [0.1, 0.15) is 42.1 Å². The van der Waals surface area contributed by atoms with Gasteiger partial charge in [0, 0.05) is 16.5 Å². The van der Waals surface area contributed by atoms with Crippen LogP contribution in [-0.2, 0) is 10.0 Å². The van der Waals surface area contributed by atoms with Gasteiger partial charge in [-0.3, -0.25) is 0 Å². The fraction of sp³-hybridized carbons (Fsp3) is 0.240. The number of ether oxygens (including phenoxy) is 1. The molecule has 1 heterocycles. The molecule has 4 rings (SSSR count). The van der Waals surface area contributed by atoms with Crippen molar-refractivity contribution < 1.29 is 17.5 Å². The molecular formula is C25H24Cl2FN3O3S. The van der Waals surface area contributed by atoms with Gasteiger partial charge in [0.15, 0.2) is 0 Å². The third-order valence-corrected chi connectivity index (χ3v) is 7.67. The van der Waals surface area contributed by atoms with E-state index in [0.717, 1.165) is 17.4 Å². The van der Waals surface area contributed by atoms with Crippen LogP contribution in [0.25, 0.3) is 0 Å². The first-order chi connectivity index (χ1) is 16.7. The lowest BCUT2D eigenvalue weighted by Gasteiger charge is -2.21. The van der Waals surface area contributed by atoms with Crippen molar-refractivity contribution in [1.29, 1.82) is 0 Å². The molecule has 0 spiro atoms. The third-order valence-electron chi connectivity index (χ3n) is 5.69. The van der Waals surface area contributed by atoms with Crippen molar-refractivity contribution >= 4 is 38.9 Å². The van der Waals surface area contributed by atoms with Crippen LogP contribution in [-0.4, -0.2) is 20.7 Å². The molecule has 0 aliphatic carbocycles. The third kappa shape index (κ3) is 5.78. The molecule has 0 saturated heterocycles. The van der Waals surface area contributed by atoms with Gasteiger partial charge in [0.05, 0.1) is 29.3 Å². The number of hydrogen-bond donors (Lipinski definition) is 2. The summed E-state index contributed by atoms with van der Waals surface area (Å²) in [6, 6.07) is 15.1. The van der Waals surface area contributed by atoms with E-state index in [1.54, 1.807) is 18.2 Å². The minimum absolute atomic E-state index is 0.0545. The normalized spacial score (nSPS) is 16.5. The van der Waals surface area contributed by atoms with Crippen LogP contribution in [0, 0.1) is 12.7 Å². The Kier molecular flexibility index (Phi) is 7.66. The molecule has 10 heteroatoms. The second kappa shape index (κ2) is 10.5. The average Bonchev–Trinajstić information content (AvgIpc) is 3.30. The van der Waals surface area contributed by atoms with Crippen molar-refractivity contribution in [2.45, 2.75) is 37.2 Å². The summed E-state index contributed by atoms with van der Waals surface area (Å²) in [4.78, 5) is -0.0545. The van der Waals surface area contributed by atoms with E-state index in [1.165, 1.54) is 19.1 Å². The van der Waals surface area contributed by atoms with Gasteiger partial charge < -0.3 is 10.2 Å². The van der Waals surface area contributed by atoms with Crippen LogP contribution in [0.5, 0.6) is 5.75 Å². The van der Waals surface area contributed by atoms with Gasteiger partial charge in [-0.2, -0.15) is 9.82 Å². The van der Waals surface area contributed by atoms with Crippen LogP contribution in [0.15, 0.2) is 70.7 Å². The molecule has 184 valence electrons. The maximum atomic E-state index is 13.7. The molecule has 2 unspecified atom stereocenters. The van der Waals surface area contributed by atoms with Gasteiger partial charge in [-0.25, -0.2) is 12.8 Å². The summed E-state index contributed by atoms with van der Waals surface area (Å²) in [5, 5.41) is 5.18. The Balaban J connectivity index is 1.64. The van der Waals surface area contributed by atoms with Crippen molar-refractivity contribution in [2.75, 3.05) is 6.61 Å². The minimum Gasteiger partial charge on any atom is -0.494 e. The smallest absolute Gasteiger partial charge is 0.241 e. The Morgan fingerprint density at radius 1 is 1.14 bits per heavy atom. The van der Waals surface area contributed by atoms with Gasteiger partial charge in [-0.1, -0.05) is 41.4 Å². The van der Waals surface area contributed by atoms with E-state index in [9.17, 15) is 12.8 Å². The number of benzene rings is 3. The maximum absolute atomic E-state index is 13.7. The van der Waals surface area contributed by atoms with Crippen LogP contribution in [0.2, 0.25) is 10.0 Å². The minimum atomic E-state index is -4.04. The molecule has 1 aliphatic rings. The average molecular weight is 536 g/mol. The lowest BCUT2D eigenvalue weighted by Crippen LogP contribution is -2.34. The highest BCUT2D eigenvalue weighted by molar-refractivity contribution is 7.89. The Morgan fingerprint density at radius 2 is 1.89 bits per heavy atom. The van der Waals surface area contributed by atoms with Crippen molar-refractivity contribution in [2.24, 2.45) is 5.10 Å². The number of nitrogens with one attached hydrogen (secondary N) is 2. The molecule has 0 bridgehead atoms. The molecule has 3 aromatic rings. The van der Waals surface area contributed by atoms with E-state index in [-0.39, 0.29) is 16.5 Å². The first-order valence-electron chi connectivity index (χ1n) is 11.0. The van der Waals surface area contributed by atoms with Crippen LogP contribution < -0.4 is 14.9 Å². The monoisotopic (exact) mass is 535 g/mol. The van der Waals surface area contributed by atoms with E-state index >= 15 is 0 Å². The van der Waals surface area contributed by atoms with E-state index in [2.05, 4.69) is 15.2 Å². The zero-order valence-corrected chi connectivity index (χ0v) is 21.4. The van der Waals surface area contributed by atoms with E-state index < -0.39 is 21.9 Å². The number of hydrogen-bond acceptors (Lipinski definition) is 5. The number of nitrogens with zero attached hydrogens (tertiary/aromatic N) is 1. The van der Waals surface area contributed by atoms with E-state index in [1.807, 2.05) is 31.2 Å². The highest BCUT2D eigenvalue weighted by Gasteiger charge is 2.32. The largest absolute Gasteiger partial charge is 0.494 e. The predicted octanol–water partition coefficient (Wildman–Crippen LogP) is 5.95. The molecule has 0 amide bonds. The highest BCUT2D eigenvalue weighted by atomic mass is 35.5. The molecule has 35 heavy (non-hydrogen) atoms. The number of sulfonamides is 1. The standard InChI is InChI=1S/C25H24Cl2FN3O3S/c1-3-34-18-7-4-16(5-8-18)23-14-24(30-29-23)25(20-10-6-17(26)13-21(20)27)31-35(32,33)19-9-11-22(28)15(2)12-19/h4-13,23,25,29,31H,3,14H2,1-2H3. The lowest BCUT2D eigenvalue weighted by atomic mass is 9.96. The van der Waals surface area contributed by atoms with Crippen molar-refractivity contribution in [3.63, 3.8) is 0 Å². The molecule has 2 N–H and O–H groups in total. The summed E-state index contributed by atoms with van der Waals surface area (Å²) in [6.07, 6.45) is 0.433. The molecule has 1 aliphatic heterocycles. The van der Waals surface area contributed by atoms with Gasteiger partial charge in [0.2, 0.25) is 10.0 Å². The molecule has 0 fully saturated rings. The van der Waals surface area contributed by atoms with Crippen LogP contribution in [0.4, 0.5) is 4.39 Å². The molecule has 0 radical (unpaired) electrons. The Morgan fingerprint density at radius 3 is 2.54 bits per heavy atom. The second-order valence-corrected chi connectivity index (χ2v) is 10.7. The summed E-state index contributed by atoms with van der Waals surface area (Å²) in [5.41, 5.74) is 5.35. The zero-order valence-electron chi connectivity index (χ0n) is 19.1. The number of halogens is 3. The summed E-state index contributed by atoms with van der Waals surface area (Å²) >= 11 is 12.5. The van der Waals surface area contributed by atoms with Crippen LogP contribution >= 0.6 is 23.2 Å². The first kappa shape index (κ1) is 25.4. The molecule has 0 saturated carbocycles. The number of hydrazone groups is 1. The molecule has 3 aromatic carbocycles. The maximum Gasteiger partial charge on any atom is 0.241 e. The Hall–Kier alpha value is -2.65. The quantitative estimate of drug-likeness (QED) is 0.373. The Labute approximate surface area is 214 Å². The molecule has 0 aromatic heterocycles. The topological polar surface area (TPSA) is 79.8 Å². The highest BCUT2D eigenvalue weighted by Crippen LogP contribution is 2.34. The summed E-state index contributed by atoms with van der Waals surface area (Å²) in [6.45, 7) is 4.00. The van der Waals surface area contributed by atoms with Gasteiger partial charge in [-0.15, -0.1) is 0 Å². The second-order valence-electron chi connectivity index (χ2n) is 8.12. The van der Waals surface area contributed by atoms with Crippen molar-refractivity contribution in [1.82, 2.24) is 10.1 Å². The molecule has 6 nitrogen and oxygen atoms in total. The first-order valence-corrected chi connectivity index (χ1v) is 13.2. The summed E-state index contributed by atoms with van der Waals surface area (Å²) < 4.78 is 48.5. The van der Waals surface area contributed by atoms with Gasteiger partial charge >= 0.3 is 0 Å². The zero-order chi connectivity index (χ0) is 25.2. The fourth-order valence-corrected chi connectivity index (χ4v) is 5.66. The summed E-state index contributed by atoms with van der Waals surface area (Å²) in [5.74, 6) is 0.285. The van der Waals surface area contributed by atoms with Crippen molar-refractivity contribution in [3.05, 3.63) is 93.2 Å². The van der Waals surface area contributed by atoms with E-state index in [4.69, 9.17) is 27.9 Å². The number of rotatable bonds is 8. The van der Waals surface area contributed by atoms with E-state index in [0.29, 0.717) is 34.3 Å². The molecule has 2 atom stereocenters. The van der Waals surface area contributed by atoms with Gasteiger partial charge in [0.1, 0.15) is 11.6 Å². The Bertz CT molecular complexity index is 1360. The SMILES string of the molecule is CCOc1ccc(C2CC(C(NS(=O)(=O)c3ccc(F)c(C)c3)c3ccc(Cl)cc3Cl)=NN2)cc1.